The van der Waals surface area contributed by atoms with E-state index in [9.17, 15) is 4.79 Å². The number of benzene rings is 1. The fourth-order valence-electron chi connectivity index (χ4n) is 2.53. The number of nitrogens with zero attached hydrogens (tertiary/aromatic N) is 2. The first-order chi connectivity index (χ1) is 13.0. The standard InChI is InChI=1S/C20H29N3O3S/c1-15(2)21-20(24)23(10-7-11-25-4)12-17-14-27-19(22-17)13-26-18-9-6-5-8-16(18)3/h5-6,8-9,14-15H,7,10-13H2,1-4H3,(H,21,24). The zero-order valence-electron chi connectivity index (χ0n) is 16.5. The van der Waals surface area contributed by atoms with Gasteiger partial charge in [-0.15, -0.1) is 11.3 Å². The lowest BCUT2D eigenvalue weighted by Gasteiger charge is -2.23. The second-order valence-corrected chi connectivity index (χ2v) is 7.60. The number of nitrogens with one attached hydrogen (secondary N) is 1. The van der Waals surface area contributed by atoms with Crippen LogP contribution in [-0.4, -0.2) is 42.2 Å². The molecule has 6 nitrogen and oxygen atoms in total. The van der Waals surface area contributed by atoms with E-state index in [1.807, 2.05) is 50.4 Å². The molecular weight excluding hydrogens is 362 g/mol. The van der Waals surface area contributed by atoms with Crippen molar-refractivity contribution in [2.75, 3.05) is 20.3 Å². The van der Waals surface area contributed by atoms with Crippen LogP contribution in [0.4, 0.5) is 4.79 Å². The Morgan fingerprint density at radius 2 is 2.11 bits per heavy atom. The summed E-state index contributed by atoms with van der Waals surface area (Å²) in [6.07, 6.45) is 0.787. The first kappa shape index (κ1) is 21.2. The highest BCUT2D eigenvalue weighted by Gasteiger charge is 2.16. The van der Waals surface area contributed by atoms with E-state index in [1.165, 1.54) is 0 Å². The van der Waals surface area contributed by atoms with Gasteiger partial charge in [0, 0.05) is 31.7 Å². The highest BCUT2D eigenvalue weighted by molar-refractivity contribution is 7.09. The van der Waals surface area contributed by atoms with Crippen molar-refractivity contribution in [1.29, 1.82) is 0 Å². The van der Waals surface area contributed by atoms with Crippen molar-refractivity contribution in [3.05, 3.63) is 45.9 Å². The summed E-state index contributed by atoms with van der Waals surface area (Å²) >= 11 is 1.55. The predicted octanol–water partition coefficient (Wildman–Crippen LogP) is 3.99. The Hall–Kier alpha value is -2.12. The fraction of sp³-hybridized carbons (Fsp3) is 0.500. The quantitative estimate of drug-likeness (QED) is 0.622. The monoisotopic (exact) mass is 391 g/mol. The largest absolute Gasteiger partial charge is 0.486 e. The maximum Gasteiger partial charge on any atom is 0.317 e. The molecule has 0 radical (unpaired) electrons. The number of carbonyl (C=O) groups is 1. The lowest BCUT2D eigenvalue weighted by molar-refractivity contribution is 0.164. The minimum atomic E-state index is -0.0770. The average Bonchev–Trinajstić information content (AvgIpc) is 3.07. The van der Waals surface area contributed by atoms with Crippen molar-refractivity contribution in [2.24, 2.45) is 0 Å². The number of aromatic nitrogens is 1. The molecule has 27 heavy (non-hydrogen) atoms. The van der Waals surface area contributed by atoms with Gasteiger partial charge in [0.2, 0.25) is 0 Å². The lowest BCUT2D eigenvalue weighted by Crippen LogP contribution is -2.43. The van der Waals surface area contributed by atoms with Gasteiger partial charge in [0.25, 0.3) is 0 Å². The number of amides is 2. The molecule has 2 aromatic rings. The Balaban J connectivity index is 1.95. The van der Waals surface area contributed by atoms with E-state index < -0.39 is 0 Å². The average molecular weight is 392 g/mol. The summed E-state index contributed by atoms with van der Waals surface area (Å²) in [6.45, 7) is 8.08. The van der Waals surface area contributed by atoms with Crippen molar-refractivity contribution in [2.45, 2.75) is 46.4 Å². The number of urea groups is 1. The smallest absolute Gasteiger partial charge is 0.317 e. The first-order valence-corrected chi connectivity index (χ1v) is 10.0. The van der Waals surface area contributed by atoms with Crippen LogP contribution >= 0.6 is 11.3 Å². The Morgan fingerprint density at radius 1 is 1.33 bits per heavy atom. The number of hydrogen-bond donors (Lipinski definition) is 1. The van der Waals surface area contributed by atoms with Crippen LogP contribution < -0.4 is 10.1 Å². The molecule has 2 amide bonds. The number of rotatable bonds is 10. The molecule has 0 aliphatic rings. The van der Waals surface area contributed by atoms with Crippen LogP contribution in [0.1, 0.15) is 36.5 Å². The number of methoxy groups -OCH3 is 1. The van der Waals surface area contributed by atoms with E-state index in [0.29, 0.717) is 26.3 Å². The van der Waals surface area contributed by atoms with E-state index >= 15 is 0 Å². The fourth-order valence-corrected chi connectivity index (χ4v) is 3.23. The van der Waals surface area contributed by atoms with Crippen LogP contribution in [0, 0.1) is 6.92 Å². The van der Waals surface area contributed by atoms with Gasteiger partial charge in [-0.3, -0.25) is 0 Å². The lowest BCUT2D eigenvalue weighted by atomic mass is 10.2. The van der Waals surface area contributed by atoms with Crippen molar-refractivity contribution >= 4 is 17.4 Å². The Kier molecular flexibility index (Phi) is 8.54. The highest BCUT2D eigenvalue weighted by Crippen LogP contribution is 2.19. The van der Waals surface area contributed by atoms with Gasteiger partial charge in [-0.2, -0.15) is 0 Å². The third-order valence-electron chi connectivity index (χ3n) is 3.87. The number of aryl methyl sites for hydroxylation is 1. The van der Waals surface area contributed by atoms with Crippen molar-refractivity contribution in [3.63, 3.8) is 0 Å². The molecule has 0 spiro atoms. The van der Waals surface area contributed by atoms with Gasteiger partial charge >= 0.3 is 6.03 Å². The van der Waals surface area contributed by atoms with Gasteiger partial charge in [-0.1, -0.05) is 18.2 Å². The second-order valence-electron chi connectivity index (χ2n) is 6.66. The van der Waals surface area contributed by atoms with E-state index in [0.717, 1.165) is 28.4 Å². The molecule has 7 heteroatoms. The molecule has 0 saturated heterocycles. The number of carbonyl (C=O) groups excluding carboxylic acids is 1. The minimum Gasteiger partial charge on any atom is -0.486 e. The molecule has 0 saturated carbocycles. The Morgan fingerprint density at radius 3 is 2.81 bits per heavy atom. The van der Waals surface area contributed by atoms with Crippen LogP contribution in [-0.2, 0) is 17.9 Å². The first-order valence-electron chi connectivity index (χ1n) is 9.15. The molecule has 1 N–H and O–H groups in total. The summed E-state index contributed by atoms with van der Waals surface area (Å²) in [5, 5.41) is 5.83. The Bertz CT molecular complexity index is 718. The molecule has 0 atom stereocenters. The molecule has 2 rings (SSSR count). The van der Waals surface area contributed by atoms with Crippen molar-refractivity contribution < 1.29 is 14.3 Å². The molecule has 148 valence electrons. The van der Waals surface area contributed by atoms with Gasteiger partial charge in [-0.05, 0) is 38.8 Å². The molecule has 0 bridgehead atoms. The second kappa shape index (κ2) is 10.9. The van der Waals surface area contributed by atoms with E-state index in [4.69, 9.17) is 9.47 Å². The van der Waals surface area contributed by atoms with Gasteiger partial charge in [-0.25, -0.2) is 9.78 Å². The van der Waals surface area contributed by atoms with Crippen molar-refractivity contribution in [1.82, 2.24) is 15.2 Å². The number of ether oxygens (including phenoxy) is 2. The van der Waals surface area contributed by atoms with Gasteiger partial charge in [0.1, 0.15) is 17.4 Å². The third kappa shape index (κ3) is 7.19. The summed E-state index contributed by atoms with van der Waals surface area (Å²) in [6, 6.07) is 7.94. The molecule has 1 aromatic carbocycles. The molecule has 0 unspecified atom stereocenters. The normalized spacial score (nSPS) is 10.9. The number of para-hydroxylation sites is 1. The summed E-state index contributed by atoms with van der Waals surface area (Å²) in [7, 11) is 1.67. The molecular formula is C20H29N3O3S. The Labute approximate surface area is 165 Å². The number of thiazole rings is 1. The predicted molar refractivity (Wildman–Crippen MR) is 108 cm³/mol. The summed E-state index contributed by atoms with van der Waals surface area (Å²) in [5.74, 6) is 0.867. The zero-order valence-corrected chi connectivity index (χ0v) is 17.3. The van der Waals surface area contributed by atoms with E-state index in [2.05, 4.69) is 10.3 Å². The molecule has 1 heterocycles. The van der Waals surface area contributed by atoms with Crippen LogP contribution in [0.15, 0.2) is 29.6 Å². The maximum atomic E-state index is 12.4. The number of hydrogen-bond acceptors (Lipinski definition) is 5. The highest BCUT2D eigenvalue weighted by atomic mass is 32.1. The molecule has 0 fully saturated rings. The zero-order chi connectivity index (χ0) is 19.6. The topological polar surface area (TPSA) is 63.7 Å². The van der Waals surface area contributed by atoms with Gasteiger partial charge in [0.05, 0.1) is 12.2 Å². The van der Waals surface area contributed by atoms with E-state index in [1.54, 1.807) is 23.3 Å². The summed E-state index contributed by atoms with van der Waals surface area (Å²) < 4.78 is 11.0. The SMILES string of the molecule is COCCCN(Cc1csc(COc2ccccc2C)n1)C(=O)NC(C)C. The molecule has 0 aliphatic carbocycles. The third-order valence-corrected chi connectivity index (χ3v) is 4.74. The van der Waals surface area contributed by atoms with Crippen LogP contribution in [0.25, 0.3) is 0 Å². The van der Waals surface area contributed by atoms with Crippen LogP contribution in [0.3, 0.4) is 0 Å². The summed E-state index contributed by atoms with van der Waals surface area (Å²) in [5.41, 5.74) is 1.98. The molecule has 0 aliphatic heterocycles. The van der Waals surface area contributed by atoms with E-state index in [-0.39, 0.29) is 12.1 Å². The maximum absolute atomic E-state index is 12.4. The van der Waals surface area contributed by atoms with Crippen molar-refractivity contribution in [3.8, 4) is 5.75 Å². The van der Waals surface area contributed by atoms with Gasteiger partial charge < -0.3 is 19.7 Å². The van der Waals surface area contributed by atoms with Gasteiger partial charge in [0.15, 0.2) is 0 Å². The summed E-state index contributed by atoms with van der Waals surface area (Å²) in [4.78, 5) is 18.8. The van der Waals surface area contributed by atoms with Crippen LogP contribution in [0.2, 0.25) is 0 Å². The van der Waals surface area contributed by atoms with Crippen LogP contribution in [0.5, 0.6) is 5.75 Å². The molecule has 1 aromatic heterocycles. The minimum absolute atomic E-state index is 0.0770.